The highest BCUT2D eigenvalue weighted by Crippen LogP contribution is 2.38. The van der Waals surface area contributed by atoms with E-state index in [1.165, 1.54) is 14.2 Å². The lowest BCUT2D eigenvalue weighted by atomic mass is 9.79. The van der Waals surface area contributed by atoms with E-state index in [2.05, 4.69) is 38.8 Å². The second-order valence-electron chi connectivity index (χ2n) is 16.1. The quantitative estimate of drug-likeness (QED) is 0.122. The molecule has 4 aliphatic rings. The molecule has 302 valence electrons. The van der Waals surface area contributed by atoms with E-state index in [0.717, 1.165) is 120 Å². The summed E-state index contributed by atoms with van der Waals surface area (Å²) in [5.41, 5.74) is 6.10. The number of carbonyl (C=O) groups excluding carboxylic acids is 4. The van der Waals surface area contributed by atoms with E-state index >= 15 is 0 Å². The molecule has 4 amide bonds. The Morgan fingerprint density at radius 2 is 1.28 bits per heavy atom. The Kier molecular flexibility index (Phi) is 10.2. The van der Waals surface area contributed by atoms with Crippen molar-refractivity contribution >= 4 is 45.9 Å². The van der Waals surface area contributed by atoms with Crippen LogP contribution in [0.3, 0.4) is 0 Å². The molecule has 0 spiro atoms. The predicted molar refractivity (Wildman–Crippen MR) is 215 cm³/mol. The van der Waals surface area contributed by atoms with Crippen LogP contribution in [0.25, 0.3) is 44.5 Å². The van der Waals surface area contributed by atoms with Crippen LogP contribution >= 0.6 is 0 Å². The summed E-state index contributed by atoms with van der Waals surface area (Å²) in [7, 11) is 2.63. The average molecular weight is 788 g/mol. The van der Waals surface area contributed by atoms with Crippen LogP contribution in [0.4, 0.5) is 9.59 Å². The fraction of sp³-hybridized carbons (Fsp3) is 0.465. The molecule has 2 saturated carbocycles. The Morgan fingerprint density at radius 3 is 1.88 bits per heavy atom. The van der Waals surface area contributed by atoms with E-state index in [-0.39, 0.29) is 35.7 Å². The SMILES string of the molecule is COC(=O)N[C@H](C(=O)N1CCC[C@H]1c1ncc(-c2ccc3nc(-c4ccc5nc([C@@H]6CCCN6C(=O)[C@@H](NC(=O)OC)C6CCC6)[nH]c5c4)ccc3c2)[nH]1)C1CCC1. The Labute approximate surface area is 335 Å². The van der Waals surface area contributed by atoms with Gasteiger partial charge in [-0.2, -0.15) is 0 Å². The number of fused-ring (bicyclic) bond motifs is 2. The molecule has 5 heterocycles. The number of aromatic nitrogens is 5. The molecule has 2 aliphatic carbocycles. The van der Waals surface area contributed by atoms with E-state index in [1.807, 2.05) is 46.3 Å². The molecule has 4 atom stereocenters. The Morgan fingerprint density at radius 1 is 0.672 bits per heavy atom. The normalized spacial score (nSPS) is 20.7. The molecule has 5 aromatic rings. The van der Waals surface area contributed by atoms with Gasteiger partial charge in [0.25, 0.3) is 0 Å². The summed E-state index contributed by atoms with van der Waals surface area (Å²) in [6.45, 7) is 1.23. The zero-order chi connectivity index (χ0) is 39.9. The van der Waals surface area contributed by atoms with Crippen molar-refractivity contribution in [2.45, 2.75) is 88.4 Å². The number of amides is 4. The van der Waals surface area contributed by atoms with Crippen LogP contribution in [-0.2, 0) is 19.1 Å². The van der Waals surface area contributed by atoms with Gasteiger partial charge in [-0.25, -0.2) is 24.5 Å². The molecule has 2 saturated heterocycles. The maximum Gasteiger partial charge on any atom is 0.407 e. The smallest absolute Gasteiger partial charge is 0.407 e. The summed E-state index contributed by atoms with van der Waals surface area (Å²) in [5, 5.41) is 6.58. The summed E-state index contributed by atoms with van der Waals surface area (Å²) in [6, 6.07) is 14.6. The zero-order valence-electron chi connectivity index (χ0n) is 32.8. The number of H-pyrrole nitrogens is 2. The van der Waals surface area contributed by atoms with Gasteiger partial charge in [-0.05, 0) is 93.5 Å². The predicted octanol–water partition coefficient (Wildman–Crippen LogP) is 6.54. The molecule has 9 rings (SSSR count). The minimum Gasteiger partial charge on any atom is -0.453 e. The Hall–Kier alpha value is -5.99. The number of ether oxygens (including phenoxy) is 2. The molecule has 3 aromatic heterocycles. The number of nitrogens with one attached hydrogen (secondary N) is 4. The second-order valence-corrected chi connectivity index (χ2v) is 16.1. The van der Waals surface area contributed by atoms with Gasteiger partial charge in [0.1, 0.15) is 23.7 Å². The summed E-state index contributed by atoms with van der Waals surface area (Å²) in [6.07, 6.45) is 9.70. The topological polar surface area (TPSA) is 188 Å². The number of methoxy groups -OCH3 is 2. The molecular formula is C43H49N9O6. The number of aromatic amines is 2. The van der Waals surface area contributed by atoms with E-state index < -0.39 is 24.3 Å². The van der Waals surface area contributed by atoms with Crippen molar-refractivity contribution in [3.05, 3.63) is 66.4 Å². The van der Waals surface area contributed by atoms with Crippen LogP contribution in [0.2, 0.25) is 0 Å². The molecule has 4 N–H and O–H groups in total. The Bertz CT molecular complexity index is 2370. The summed E-state index contributed by atoms with van der Waals surface area (Å²) in [4.78, 5) is 77.2. The lowest BCUT2D eigenvalue weighted by Gasteiger charge is -2.36. The highest BCUT2D eigenvalue weighted by molar-refractivity contribution is 5.89. The van der Waals surface area contributed by atoms with Crippen LogP contribution in [0.5, 0.6) is 0 Å². The largest absolute Gasteiger partial charge is 0.453 e. The molecule has 0 radical (unpaired) electrons. The van der Waals surface area contributed by atoms with Crippen molar-refractivity contribution < 1.29 is 28.7 Å². The first-order valence-electron chi connectivity index (χ1n) is 20.5. The summed E-state index contributed by atoms with van der Waals surface area (Å²) >= 11 is 0. The minimum absolute atomic E-state index is 0.0776. The van der Waals surface area contributed by atoms with Crippen molar-refractivity contribution in [2.24, 2.45) is 11.8 Å². The van der Waals surface area contributed by atoms with Crippen molar-refractivity contribution in [1.29, 1.82) is 0 Å². The van der Waals surface area contributed by atoms with E-state index in [0.29, 0.717) is 13.1 Å². The highest BCUT2D eigenvalue weighted by Gasteiger charge is 2.43. The molecule has 0 bridgehead atoms. The molecule has 2 aromatic carbocycles. The molecule has 15 heteroatoms. The van der Waals surface area contributed by atoms with Gasteiger partial charge in [-0.15, -0.1) is 0 Å². The van der Waals surface area contributed by atoms with Gasteiger partial charge in [-0.3, -0.25) is 9.59 Å². The van der Waals surface area contributed by atoms with Gasteiger partial charge >= 0.3 is 12.2 Å². The first-order chi connectivity index (χ1) is 28.3. The third kappa shape index (κ3) is 7.11. The molecule has 4 fully saturated rings. The average Bonchev–Trinajstić information content (AvgIpc) is 4.04. The lowest BCUT2D eigenvalue weighted by molar-refractivity contribution is -0.137. The van der Waals surface area contributed by atoms with Crippen LogP contribution in [-0.4, -0.2) is 98.1 Å². The Balaban J connectivity index is 0.903. The number of hydrogen-bond donors (Lipinski definition) is 4. The highest BCUT2D eigenvalue weighted by atomic mass is 16.5. The van der Waals surface area contributed by atoms with E-state index in [9.17, 15) is 19.2 Å². The van der Waals surface area contributed by atoms with Crippen LogP contribution in [0.1, 0.15) is 87.9 Å². The van der Waals surface area contributed by atoms with Gasteiger partial charge in [0.2, 0.25) is 11.8 Å². The number of imidazole rings is 2. The van der Waals surface area contributed by atoms with Gasteiger partial charge in [0, 0.05) is 29.6 Å². The third-order valence-corrected chi connectivity index (χ3v) is 12.8. The number of pyridine rings is 1. The number of benzene rings is 2. The third-order valence-electron chi connectivity index (χ3n) is 12.8. The monoisotopic (exact) mass is 787 g/mol. The number of likely N-dealkylation sites (tertiary alicyclic amines) is 2. The standard InChI is InChI=1S/C43H49N9O6/c1-57-42(55)49-36(24-7-3-8-24)40(53)51-19-5-11-34(51)38-44-23-33(48-38)27-14-17-29-26(21-27)13-16-30(45-29)28-15-18-31-32(22-28)47-39(46-31)35-12-6-20-52(35)41(54)37(25-9-4-10-25)50-43(56)58-2/h13-18,21-25,34-37H,3-12,19-20H2,1-2H3,(H,44,48)(H,46,47)(H,49,55)(H,50,56)/t34-,35-,36-,37-/m0/s1. The molecular weight excluding hydrogens is 739 g/mol. The zero-order valence-corrected chi connectivity index (χ0v) is 32.8. The van der Waals surface area contributed by atoms with Crippen molar-refractivity contribution in [1.82, 2.24) is 45.4 Å². The van der Waals surface area contributed by atoms with Crippen molar-refractivity contribution in [3.63, 3.8) is 0 Å². The van der Waals surface area contributed by atoms with E-state index in [1.54, 1.807) is 0 Å². The van der Waals surface area contributed by atoms with E-state index in [4.69, 9.17) is 24.4 Å². The first kappa shape index (κ1) is 37.6. The maximum atomic E-state index is 13.8. The fourth-order valence-electron chi connectivity index (χ4n) is 9.12. The summed E-state index contributed by atoms with van der Waals surface area (Å²) in [5.74, 6) is 1.56. The van der Waals surface area contributed by atoms with Crippen LogP contribution in [0.15, 0.2) is 54.7 Å². The van der Waals surface area contributed by atoms with Gasteiger partial charge in [0.15, 0.2) is 0 Å². The first-order valence-corrected chi connectivity index (χ1v) is 20.5. The maximum absolute atomic E-state index is 13.8. The minimum atomic E-state index is -0.599. The van der Waals surface area contributed by atoms with Crippen molar-refractivity contribution in [3.8, 4) is 22.5 Å². The van der Waals surface area contributed by atoms with Crippen molar-refractivity contribution in [2.75, 3.05) is 27.3 Å². The number of alkyl carbamates (subject to hydrolysis) is 2. The second kappa shape index (κ2) is 15.7. The van der Waals surface area contributed by atoms with Gasteiger partial charge in [-0.1, -0.05) is 31.0 Å². The number of rotatable bonds is 10. The van der Waals surface area contributed by atoms with Crippen LogP contribution < -0.4 is 10.6 Å². The van der Waals surface area contributed by atoms with Crippen LogP contribution in [0, 0.1) is 11.8 Å². The fourth-order valence-corrected chi connectivity index (χ4v) is 9.12. The number of carbonyl (C=O) groups is 4. The number of nitrogens with zero attached hydrogens (tertiary/aromatic N) is 5. The van der Waals surface area contributed by atoms with Gasteiger partial charge < -0.3 is 39.9 Å². The molecule has 15 nitrogen and oxygen atoms in total. The summed E-state index contributed by atoms with van der Waals surface area (Å²) < 4.78 is 9.67. The lowest BCUT2D eigenvalue weighted by Crippen LogP contribution is -2.53. The molecule has 58 heavy (non-hydrogen) atoms. The molecule has 0 unspecified atom stereocenters. The van der Waals surface area contributed by atoms with Gasteiger partial charge in [0.05, 0.1) is 60.4 Å². The molecule has 2 aliphatic heterocycles. The number of hydrogen-bond acceptors (Lipinski definition) is 9.